The minimum atomic E-state index is -4.25. The second-order valence-corrected chi connectivity index (χ2v) is 11.1. The molecule has 5 rings (SSSR count). The number of likely N-dealkylation sites (tertiary alicyclic amines) is 1. The van der Waals surface area contributed by atoms with Crippen LogP contribution in [0.5, 0.6) is 5.75 Å². The second kappa shape index (κ2) is 9.24. The smallest absolute Gasteiger partial charge is 0.391 e. The van der Waals surface area contributed by atoms with E-state index in [2.05, 4.69) is 0 Å². The number of nitrogens with two attached hydrogens (primary N) is 1. The van der Waals surface area contributed by atoms with E-state index in [-0.39, 0.29) is 61.5 Å². The Morgan fingerprint density at radius 2 is 1.79 bits per heavy atom. The molecule has 3 atom stereocenters. The molecule has 1 aliphatic heterocycles. The number of primary amides is 1. The van der Waals surface area contributed by atoms with E-state index in [1.807, 2.05) is 0 Å². The summed E-state index contributed by atoms with van der Waals surface area (Å²) in [6.07, 6.45) is -4.79. The zero-order chi connectivity index (χ0) is 28.6. The van der Waals surface area contributed by atoms with Crippen LogP contribution >= 0.6 is 11.6 Å². The van der Waals surface area contributed by atoms with Gasteiger partial charge in [-0.1, -0.05) is 11.6 Å². The molecule has 1 aromatic rings. The Labute approximate surface area is 225 Å². The number of carbonyl (C=O) groups is 3. The molecule has 1 saturated heterocycles. The molecule has 6 N–H and O–H groups in total. The highest BCUT2D eigenvalue weighted by Crippen LogP contribution is 2.53. The minimum absolute atomic E-state index is 0.0326. The van der Waals surface area contributed by atoms with Crippen LogP contribution in [0.1, 0.15) is 42.4 Å². The van der Waals surface area contributed by atoms with E-state index in [1.165, 1.54) is 6.07 Å². The number of Topliss-reactive ketones (excluding diaryl/α,β-unsaturated/α-hetero) is 2. The molecule has 39 heavy (non-hydrogen) atoms. The summed E-state index contributed by atoms with van der Waals surface area (Å²) in [5.74, 6) is -8.66. The van der Waals surface area contributed by atoms with Crippen LogP contribution in [0.2, 0.25) is 5.02 Å². The Hall–Kier alpha value is -3.09. The number of phenolic OH excluding ortho intramolecular Hbond substituents is 1. The minimum Gasteiger partial charge on any atom is -0.508 e. The number of fused-ring (bicyclic) bond motifs is 3. The van der Waals surface area contributed by atoms with Gasteiger partial charge in [-0.15, -0.1) is 0 Å². The first-order valence-electron chi connectivity index (χ1n) is 12.5. The van der Waals surface area contributed by atoms with Crippen molar-refractivity contribution in [2.24, 2.45) is 23.5 Å². The molecule has 0 aromatic heterocycles. The highest BCUT2D eigenvalue weighted by atomic mass is 35.5. The maximum absolute atomic E-state index is 13.5. The molecule has 0 spiro atoms. The molecule has 1 unspecified atom stereocenters. The number of aliphatic hydroxyl groups is 3. The maximum atomic E-state index is 13.5. The van der Waals surface area contributed by atoms with Crippen molar-refractivity contribution in [2.45, 2.75) is 50.4 Å². The summed E-state index contributed by atoms with van der Waals surface area (Å²) in [6, 6.07) is 1.28. The summed E-state index contributed by atoms with van der Waals surface area (Å²) < 4.78 is 39.1. The highest BCUT2D eigenvalue weighted by molar-refractivity contribution is 6.32. The third kappa shape index (κ3) is 4.20. The number of hydrogen-bond donors (Lipinski definition) is 5. The van der Waals surface area contributed by atoms with Crippen LogP contribution < -0.4 is 5.73 Å². The molecule has 1 saturated carbocycles. The van der Waals surface area contributed by atoms with Gasteiger partial charge in [0.2, 0.25) is 5.78 Å². The number of piperidine rings is 1. The quantitative estimate of drug-likeness (QED) is 0.347. The largest absolute Gasteiger partial charge is 0.508 e. The number of alkyl halides is 3. The molecule has 1 heterocycles. The Balaban J connectivity index is 1.50. The van der Waals surface area contributed by atoms with Gasteiger partial charge in [-0.3, -0.25) is 19.3 Å². The van der Waals surface area contributed by atoms with Crippen molar-refractivity contribution < 1.29 is 48.0 Å². The van der Waals surface area contributed by atoms with Crippen LogP contribution in [-0.2, 0) is 27.3 Å². The van der Waals surface area contributed by atoms with Gasteiger partial charge in [-0.25, -0.2) is 0 Å². The fraction of sp³-hybridized carbons (Fsp3) is 0.500. The summed E-state index contributed by atoms with van der Waals surface area (Å²) in [5.41, 5.74) is 2.00. The van der Waals surface area contributed by atoms with Crippen molar-refractivity contribution >= 4 is 34.8 Å². The highest BCUT2D eigenvalue weighted by Gasteiger charge is 2.60. The fourth-order valence-electron chi connectivity index (χ4n) is 6.50. The number of halogens is 4. The molecule has 13 heteroatoms. The van der Waals surface area contributed by atoms with Crippen molar-refractivity contribution in [2.75, 3.05) is 13.1 Å². The second-order valence-electron chi connectivity index (χ2n) is 10.7. The van der Waals surface area contributed by atoms with Crippen molar-refractivity contribution in [3.63, 3.8) is 0 Å². The van der Waals surface area contributed by atoms with Crippen molar-refractivity contribution in [1.29, 1.82) is 0 Å². The molecule has 9 nitrogen and oxygen atoms in total. The van der Waals surface area contributed by atoms with Crippen LogP contribution in [-0.4, -0.2) is 67.7 Å². The third-order valence-electron chi connectivity index (χ3n) is 8.52. The molecule has 0 radical (unpaired) electrons. The van der Waals surface area contributed by atoms with Crippen LogP contribution in [0.25, 0.3) is 5.76 Å². The van der Waals surface area contributed by atoms with Gasteiger partial charge < -0.3 is 26.2 Å². The van der Waals surface area contributed by atoms with Crippen molar-refractivity contribution in [3.05, 3.63) is 44.7 Å². The van der Waals surface area contributed by atoms with Gasteiger partial charge in [0, 0.05) is 29.5 Å². The molecule has 0 bridgehead atoms. The summed E-state index contributed by atoms with van der Waals surface area (Å²) in [4.78, 5) is 39.5. The van der Waals surface area contributed by atoms with Crippen molar-refractivity contribution in [1.82, 2.24) is 4.90 Å². The lowest BCUT2D eigenvalue weighted by Crippen LogP contribution is -2.58. The lowest BCUT2D eigenvalue weighted by atomic mass is 9.59. The van der Waals surface area contributed by atoms with Crippen LogP contribution in [0.15, 0.2) is 23.0 Å². The van der Waals surface area contributed by atoms with Crippen LogP contribution in [0, 0.1) is 17.8 Å². The average molecular weight is 571 g/mol. The van der Waals surface area contributed by atoms with Gasteiger partial charge in [-0.05, 0) is 61.9 Å². The summed E-state index contributed by atoms with van der Waals surface area (Å²) in [7, 11) is 0. The molecular weight excluding hydrogens is 545 g/mol. The standard InChI is InChI=1S/C26H26ClF3N2O7/c27-20-11(9-32-3-1-12(2-4-32)26(28,29)30)7-15(33)18-14(20)6-10-5-13-8-16(34)19(24(31)38)23(37)25(13,39)22(36)17(10)21(18)35/h7,10,12-13,33,35,37,39H,1-6,8-9H2,(H2,31,38)/t10?,13-,25-/m0/s1. The van der Waals surface area contributed by atoms with Crippen molar-refractivity contribution in [3.8, 4) is 5.75 Å². The SMILES string of the molecule is NC(=O)C1=C(O)[C@@]2(O)C(=O)C3=C(O)c4c(O)cc(CN5CCC(C(F)(F)F)CC5)c(Cl)c4CC3C[C@H]2CC1=O. The number of aromatic hydroxyl groups is 1. The van der Waals surface area contributed by atoms with E-state index >= 15 is 0 Å². The number of aliphatic hydroxyl groups excluding tert-OH is 2. The monoisotopic (exact) mass is 570 g/mol. The Morgan fingerprint density at radius 3 is 2.38 bits per heavy atom. The Bertz CT molecular complexity index is 1360. The topological polar surface area (TPSA) is 161 Å². The van der Waals surface area contributed by atoms with Gasteiger partial charge in [0.1, 0.15) is 22.8 Å². The number of nitrogens with zero attached hydrogens (tertiary/aromatic N) is 1. The van der Waals surface area contributed by atoms with Gasteiger partial charge in [0.05, 0.1) is 11.5 Å². The Morgan fingerprint density at radius 1 is 1.15 bits per heavy atom. The molecule has 1 amide bonds. The first-order chi connectivity index (χ1) is 18.2. The van der Waals surface area contributed by atoms with Gasteiger partial charge >= 0.3 is 6.18 Å². The predicted octanol–water partition coefficient (Wildman–Crippen LogP) is 2.85. The number of amides is 1. The zero-order valence-corrected chi connectivity index (χ0v) is 21.3. The average Bonchev–Trinajstić information content (AvgIpc) is 2.84. The predicted molar refractivity (Wildman–Crippen MR) is 130 cm³/mol. The number of rotatable bonds is 3. The zero-order valence-electron chi connectivity index (χ0n) is 20.5. The summed E-state index contributed by atoms with van der Waals surface area (Å²) in [6.45, 7) is 0.531. The van der Waals surface area contributed by atoms with E-state index in [1.54, 1.807) is 4.90 Å². The molecule has 1 aromatic carbocycles. The van der Waals surface area contributed by atoms with Gasteiger partial charge in [-0.2, -0.15) is 13.2 Å². The first kappa shape index (κ1) is 27.5. The number of ketones is 2. The summed E-state index contributed by atoms with van der Waals surface area (Å²) in [5, 5.41) is 44.0. The van der Waals surface area contributed by atoms with Gasteiger partial charge in [0.15, 0.2) is 11.4 Å². The third-order valence-corrected chi connectivity index (χ3v) is 8.99. The van der Waals surface area contributed by atoms with E-state index in [0.29, 0.717) is 11.1 Å². The molecular formula is C26H26ClF3N2O7. The summed E-state index contributed by atoms with van der Waals surface area (Å²) >= 11 is 6.68. The molecule has 210 valence electrons. The van der Waals surface area contributed by atoms with E-state index < -0.39 is 76.3 Å². The molecule has 3 aliphatic carbocycles. The maximum Gasteiger partial charge on any atom is 0.391 e. The number of carbonyl (C=O) groups excluding carboxylic acids is 3. The lowest BCUT2D eigenvalue weighted by molar-refractivity contribution is -0.185. The lowest BCUT2D eigenvalue weighted by Gasteiger charge is -2.46. The molecule has 4 aliphatic rings. The number of hydrogen-bond acceptors (Lipinski definition) is 8. The van der Waals surface area contributed by atoms with Crippen LogP contribution in [0.3, 0.4) is 0 Å². The van der Waals surface area contributed by atoms with Crippen LogP contribution in [0.4, 0.5) is 13.2 Å². The first-order valence-corrected chi connectivity index (χ1v) is 12.8. The van der Waals surface area contributed by atoms with Gasteiger partial charge in [0.25, 0.3) is 5.91 Å². The number of benzene rings is 1. The fourth-order valence-corrected chi connectivity index (χ4v) is 6.78. The Kier molecular flexibility index (Phi) is 6.51. The molecule has 2 fully saturated rings. The normalized spacial score (nSPS) is 28.3. The van der Waals surface area contributed by atoms with E-state index in [0.717, 1.165) is 0 Å². The van der Waals surface area contributed by atoms with E-state index in [4.69, 9.17) is 17.3 Å². The number of phenols is 1. The van der Waals surface area contributed by atoms with E-state index in [9.17, 15) is 48.0 Å².